The zero-order valence-corrected chi connectivity index (χ0v) is 10.4. The summed E-state index contributed by atoms with van der Waals surface area (Å²) in [4.78, 5) is 0.953. The van der Waals surface area contributed by atoms with E-state index in [1.807, 2.05) is 47.6 Å². The highest BCUT2D eigenvalue weighted by atomic mass is 32.2. The molecule has 1 heterocycles. The van der Waals surface area contributed by atoms with Gasteiger partial charge in [-0.25, -0.2) is 4.21 Å². The number of anilines is 1. The maximum atomic E-state index is 12.4. The van der Waals surface area contributed by atoms with Crippen LogP contribution in [0.3, 0.4) is 0 Å². The lowest BCUT2D eigenvalue weighted by Crippen LogP contribution is -2.17. The summed E-state index contributed by atoms with van der Waals surface area (Å²) in [7, 11) is -1.06. The van der Waals surface area contributed by atoms with E-state index < -0.39 is 11.0 Å². The second-order valence-corrected chi connectivity index (χ2v) is 5.61. The van der Waals surface area contributed by atoms with E-state index in [0.29, 0.717) is 0 Å². The molecular formula is C14H13NOS. The van der Waals surface area contributed by atoms with Crippen molar-refractivity contribution < 1.29 is 4.21 Å². The zero-order chi connectivity index (χ0) is 11.8. The summed E-state index contributed by atoms with van der Waals surface area (Å²) < 4.78 is 14.3. The molecule has 17 heavy (non-hydrogen) atoms. The molecule has 0 saturated heterocycles. The monoisotopic (exact) mass is 243 g/mol. The van der Waals surface area contributed by atoms with Crippen molar-refractivity contribution >= 4 is 16.7 Å². The first kappa shape index (κ1) is 10.5. The lowest BCUT2D eigenvalue weighted by atomic mass is 10.1. The van der Waals surface area contributed by atoms with Gasteiger partial charge in [-0.3, -0.25) is 4.31 Å². The van der Waals surface area contributed by atoms with Gasteiger partial charge in [-0.05, 0) is 36.2 Å². The van der Waals surface area contributed by atoms with Crippen LogP contribution in [0.4, 0.5) is 5.69 Å². The molecule has 0 fully saturated rings. The lowest BCUT2D eigenvalue weighted by Gasteiger charge is -2.15. The molecule has 0 radical (unpaired) electrons. The van der Waals surface area contributed by atoms with Gasteiger partial charge in [-0.15, -0.1) is 0 Å². The van der Waals surface area contributed by atoms with Gasteiger partial charge in [0.1, 0.15) is 0 Å². The van der Waals surface area contributed by atoms with Gasteiger partial charge in [0.2, 0.25) is 0 Å². The molecular weight excluding hydrogens is 230 g/mol. The van der Waals surface area contributed by atoms with E-state index in [2.05, 4.69) is 12.1 Å². The normalized spacial score (nSPS) is 18.2. The van der Waals surface area contributed by atoms with Gasteiger partial charge in [0.25, 0.3) is 0 Å². The quantitative estimate of drug-likeness (QED) is 0.754. The summed E-state index contributed by atoms with van der Waals surface area (Å²) in [6, 6.07) is 16.1. The van der Waals surface area contributed by atoms with Crippen molar-refractivity contribution in [2.75, 3.05) is 4.31 Å². The fraction of sp³-hybridized carbons (Fsp3) is 0.143. The van der Waals surface area contributed by atoms with Crippen LogP contribution in [0.25, 0.3) is 0 Å². The number of rotatable bonds is 1. The van der Waals surface area contributed by atoms with E-state index in [9.17, 15) is 4.21 Å². The standard InChI is InChI=1S/C14H13NOS/c1-11-7-8-12-10-15(17(16)14(12)9-11)13-5-3-2-4-6-13/h2-9H,10H2,1H3. The van der Waals surface area contributed by atoms with Crippen LogP contribution in [0.15, 0.2) is 53.4 Å². The van der Waals surface area contributed by atoms with E-state index in [0.717, 1.165) is 28.3 Å². The van der Waals surface area contributed by atoms with E-state index >= 15 is 0 Å². The molecule has 1 unspecified atom stereocenters. The smallest absolute Gasteiger partial charge is 0.153 e. The van der Waals surface area contributed by atoms with Gasteiger partial charge in [0.05, 0.1) is 11.4 Å². The molecule has 0 aliphatic carbocycles. The summed E-state index contributed by atoms with van der Waals surface area (Å²) in [6.07, 6.45) is 0. The number of para-hydroxylation sites is 1. The van der Waals surface area contributed by atoms with Gasteiger partial charge in [-0.2, -0.15) is 0 Å². The largest absolute Gasteiger partial charge is 0.283 e. The second-order valence-electron chi connectivity index (χ2n) is 4.23. The summed E-state index contributed by atoms with van der Waals surface area (Å²) in [5, 5.41) is 0. The topological polar surface area (TPSA) is 20.3 Å². The Morgan fingerprint density at radius 3 is 2.65 bits per heavy atom. The van der Waals surface area contributed by atoms with E-state index in [1.54, 1.807) is 0 Å². The molecule has 0 amide bonds. The van der Waals surface area contributed by atoms with Crippen LogP contribution in [0, 0.1) is 6.92 Å². The summed E-state index contributed by atoms with van der Waals surface area (Å²) >= 11 is 0. The van der Waals surface area contributed by atoms with Gasteiger partial charge >= 0.3 is 0 Å². The zero-order valence-electron chi connectivity index (χ0n) is 9.59. The van der Waals surface area contributed by atoms with Crippen molar-refractivity contribution in [2.45, 2.75) is 18.4 Å². The summed E-state index contributed by atoms with van der Waals surface area (Å²) in [5.74, 6) is 0. The van der Waals surface area contributed by atoms with Crippen LogP contribution in [0.2, 0.25) is 0 Å². The molecule has 0 bridgehead atoms. The maximum Gasteiger partial charge on any atom is 0.153 e. The van der Waals surface area contributed by atoms with Crippen LogP contribution < -0.4 is 4.31 Å². The van der Waals surface area contributed by atoms with Crippen LogP contribution >= 0.6 is 0 Å². The molecule has 0 spiro atoms. The highest BCUT2D eigenvalue weighted by Gasteiger charge is 2.26. The van der Waals surface area contributed by atoms with Crippen molar-refractivity contribution in [3.63, 3.8) is 0 Å². The van der Waals surface area contributed by atoms with Crippen molar-refractivity contribution in [1.29, 1.82) is 0 Å². The highest BCUT2D eigenvalue weighted by Crippen LogP contribution is 2.31. The first-order valence-corrected chi connectivity index (χ1v) is 6.70. The second kappa shape index (κ2) is 4.00. The Morgan fingerprint density at radius 1 is 1.12 bits per heavy atom. The molecule has 0 N–H and O–H groups in total. The number of hydrogen-bond acceptors (Lipinski definition) is 1. The van der Waals surface area contributed by atoms with Gasteiger partial charge in [-0.1, -0.05) is 30.3 Å². The number of hydrogen-bond donors (Lipinski definition) is 0. The Hall–Kier alpha value is -1.61. The molecule has 2 aromatic rings. The van der Waals surface area contributed by atoms with Crippen LogP contribution in [-0.2, 0) is 17.5 Å². The fourth-order valence-corrected chi connectivity index (χ4v) is 3.52. The Balaban J connectivity index is 2.02. The number of fused-ring (bicyclic) bond motifs is 1. The first-order chi connectivity index (χ1) is 8.25. The molecule has 0 aromatic heterocycles. The van der Waals surface area contributed by atoms with Gasteiger partial charge in [0.15, 0.2) is 11.0 Å². The van der Waals surface area contributed by atoms with E-state index in [1.165, 1.54) is 0 Å². The maximum absolute atomic E-state index is 12.4. The lowest BCUT2D eigenvalue weighted by molar-refractivity contribution is 0.683. The van der Waals surface area contributed by atoms with Crippen LogP contribution in [0.5, 0.6) is 0 Å². The van der Waals surface area contributed by atoms with Crippen molar-refractivity contribution in [2.24, 2.45) is 0 Å². The molecule has 3 rings (SSSR count). The predicted octanol–water partition coefficient (Wildman–Crippen LogP) is 3.04. The molecule has 1 aliphatic heterocycles. The number of nitrogens with zero attached hydrogens (tertiary/aromatic N) is 1. The Morgan fingerprint density at radius 2 is 1.88 bits per heavy atom. The summed E-state index contributed by atoms with van der Waals surface area (Å²) in [5.41, 5.74) is 3.34. The minimum Gasteiger partial charge on any atom is -0.283 e. The molecule has 2 nitrogen and oxygen atoms in total. The highest BCUT2D eigenvalue weighted by molar-refractivity contribution is 7.86. The molecule has 1 aliphatic rings. The van der Waals surface area contributed by atoms with Crippen molar-refractivity contribution in [3.8, 4) is 0 Å². The van der Waals surface area contributed by atoms with Crippen LogP contribution in [0.1, 0.15) is 11.1 Å². The summed E-state index contributed by atoms with van der Waals surface area (Å²) in [6.45, 7) is 2.76. The average Bonchev–Trinajstić information content (AvgIpc) is 2.68. The van der Waals surface area contributed by atoms with Gasteiger partial charge < -0.3 is 0 Å². The molecule has 86 valence electrons. The molecule has 3 heteroatoms. The number of benzene rings is 2. The Labute approximate surface area is 103 Å². The molecule has 1 atom stereocenters. The van der Waals surface area contributed by atoms with E-state index in [4.69, 9.17) is 0 Å². The first-order valence-electron chi connectivity index (χ1n) is 5.60. The molecule has 0 saturated carbocycles. The Bertz CT molecular complexity index is 580. The fourth-order valence-electron chi connectivity index (χ4n) is 2.07. The van der Waals surface area contributed by atoms with Crippen LogP contribution in [-0.4, -0.2) is 4.21 Å². The number of aryl methyl sites for hydroxylation is 1. The van der Waals surface area contributed by atoms with E-state index in [-0.39, 0.29) is 0 Å². The minimum atomic E-state index is -1.06. The third-order valence-corrected chi connectivity index (χ3v) is 4.47. The predicted molar refractivity (Wildman–Crippen MR) is 70.2 cm³/mol. The third-order valence-electron chi connectivity index (χ3n) is 2.97. The average molecular weight is 243 g/mol. The SMILES string of the molecule is Cc1ccc2c(c1)S(=O)N(c1ccccc1)C2. The Kier molecular flexibility index (Phi) is 2.48. The van der Waals surface area contributed by atoms with Crippen molar-refractivity contribution in [1.82, 2.24) is 0 Å². The van der Waals surface area contributed by atoms with Crippen molar-refractivity contribution in [3.05, 3.63) is 59.7 Å². The third kappa shape index (κ3) is 1.76. The minimum absolute atomic E-state index is 0.728. The van der Waals surface area contributed by atoms with Gasteiger partial charge in [0, 0.05) is 5.69 Å². The molecule has 2 aromatic carbocycles.